The lowest BCUT2D eigenvalue weighted by molar-refractivity contribution is 0.111. The van der Waals surface area contributed by atoms with Crippen molar-refractivity contribution in [1.29, 1.82) is 0 Å². The molecule has 2 N–H and O–H groups in total. The van der Waals surface area contributed by atoms with Crippen molar-refractivity contribution in [2.45, 2.75) is 44.1 Å². The van der Waals surface area contributed by atoms with E-state index in [2.05, 4.69) is 20.6 Å². The highest BCUT2D eigenvalue weighted by Gasteiger charge is 2.32. The Balaban J connectivity index is 1.44. The summed E-state index contributed by atoms with van der Waals surface area (Å²) in [6.07, 6.45) is 3.51. The number of amides is 2. The molecule has 1 aromatic heterocycles. The zero-order valence-corrected chi connectivity index (χ0v) is 14.1. The fourth-order valence-corrected chi connectivity index (χ4v) is 3.38. The minimum Gasteiger partial charge on any atom is -0.376 e. The minimum absolute atomic E-state index is 0.00313. The summed E-state index contributed by atoms with van der Waals surface area (Å²) < 4.78 is 21.1. The summed E-state index contributed by atoms with van der Waals surface area (Å²) in [5.41, 5.74) is 1.04. The molecule has 3 atom stereocenters. The zero-order valence-electron chi connectivity index (χ0n) is 14.1. The highest BCUT2D eigenvalue weighted by atomic mass is 19.1. The number of nitrogens with zero attached hydrogens (tertiary/aromatic N) is 3. The van der Waals surface area contributed by atoms with E-state index in [1.54, 1.807) is 10.9 Å². The second-order valence-electron chi connectivity index (χ2n) is 6.59. The molecule has 0 aromatic carbocycles. The number of rotatable bonds is 6. The summed E-state index contributed by atoms with van der Waals surface area (Å²) in [7, 11) is 1.88. The average molecular weight is 339 g/mol. The van der Waals surface area contributed by atoms with Crippen LogP contribution in [0.2, 0.25) is 0 Å². The maximum absolute atomic E-state index is 13.8. The van der Waals surface area contributed by atoms with Crippen molar-refractivity contribution in [1.82, 2.24) is 25.3 Å². The summed E-state index contributed by atoms with van der Waals surface area (Å²) in [4.78, 5) is 14.0. The van der Waals surface area contributed by atoms with Crippen LogP contribution >= 0.6 is 0 Å². The molecule has 8 heteroatoms. The largest absolute Gasteiger partial charge is 0.376 e. The number of carbonyl (C=O) groups is 1. The Kier molecular flexibility index (Phi) is 5.68. The van der Waals surface area contributed by atoms with Crippen LogP contribution in [0.4, 0.5) is 9.18 Å². The number of nitrogens with one attached hydrogen (secondary N) is 2. The molecule has 2 aliphatic heterocycles. The van der Waals surface area contributed by atoms with Crippen molar-refractivity contribution in [2.75, 3.05) is 26.2 Å². The predicted octanol–water partition coefficient (Wildman–Crippen LogP) is 0.811. The highest BCUT2D eigenvalue weighted by molar-refractivity contribution is 5.73. The molecule has 0 aliphatic carbocycles. The van der Waals surface area contributed by atoms with Crippen LogP contribution in [-0.2, 0) is 18.3 Å². The summed E-state index contributed by atoms with van der Waals surface area (Å²) in [6, 6.07) is 1.72. The van der Waals surface area contributed by atoms with Gasteiger partial charge in [-0.1, -0.05) is 0 Å². The first-order valence-electron chi connectivity index (χ1n) is 8.60. The molecule has 1 aromatic rings. The third-order valence-corrected chi connectivity index (χ3v) is 4.78. The third kappa shape index (κ3) is 4.45. The number of hydrogen-bond donors (Lipinski definition) is 2. The van der Waals surface area contributed by atoms with Gasteiger partial charge in [-0.25, -0.2) is 9.18 Å². The lowest BCUT2D eigenvalue weighted by Gasteiger charge is -2.24. The van der Waals surface area contributed by atoms with Crippen LogP contribution in [0.25, 0.3) is 0 Å². The van der Waals surface area contributed by atoms with E-state index in [1.807, 2.05) is 13.1 Å². The van der Waals surface area contributed by atoms with E-state index < -0.39 is 6.17 Å². The molecule has 3 rings (SSSR count). The number of likely N-dealkylation sites (tertiary alicyclic amines) is 1. The molecule has 3 heterocycles. The first-order chi connectivity index (χ1) is 11.6. The first kappa shape index (κ1) is 17.2. The van der Waals surface area contributed by atoms with Crippen molar-refractivity contribution >= 4 is 6.03 Å². The van der Waals surface area contributed by atoms with E-state index >= 15 is 0 Å². The van der Waals surface area contributed by atoms with Gasteiger partial charge in [0.15, 0.2) is 0 Å². The van der Waals surface area contributed by atoms with Crippen molar-refractivity contribution in [3.63, 3.8) is 0 Å². The number of hydrogen-bond acceptors (Lipinski definition) is 4. The molecule has 2 amide bonds. The van der Waals surface area contributed by atoms with Gasteiger partial charge < -0.3 is 15.4 Å². The molecule has 134 valence electrons. The fraction of sp³-hybridized carbons (Fsp3) is 0.750. The van der Waals surface area contributed by atoms with Crippen LogP contribution < -0.4 is 10.6 Å². The van der Waals surface area contributed by atoms with Gasteiger partial charge in [-0.3, -0.25) is 9.58 Å². The number of carbonyl (C=O) groups excluding carboxylic acids is 1. The van der Waals surface area contributed by atoms with E-state index in [1.165, 1.54) is 0 Å². The molecule has 24 heavy (non-hydrogen) atoms. The maximum Gasteiger partial charge on any atom is 0.314 e. The summed E-state index contributed by atoms with van der Waals surface area (Å²) in [5, 5.41) is 9.83. The van der Waals surface area contributed by atoms with Gasteiger partial charge in [-0.05, 0) is 25.3 Å². The summed E-state index contributed by atoms with van der Waals surface area (Å²) >= 11 is 0. The molecule has 2 aliphatic rings. The minimum atomic E-state index is -0.847. The standard InChI is InChI=1S/C16H26FN5O2/c1-21-13(4-5-20-21)11-22-10-12(17)7-14(22)8-18-16(23)19-9-15-3-2-6-24-15/h4-5,12,14-15H,2-3,6-11H2,1H3,(H2,18,19,23)/t12-,14-,15?/m0/s1. The van der Waals surface area contributed by atoms with Gasteiger partial charge in [0, 0.05) is 52.1 Å². The van der Waals surface area contributed by atoms with Crippen LogP contribution in [0.3, 0.4) is 0 Å². The third-order valence-electron chi connectivity index (χ3n) is 4.78. The second kappa shape index (κ2) is 7.94. The van der Waals surface area contributed by atoms with E-state index in [4.69, 9.17) is 4.74 Å². The number of aromatic nitrogens is 2. The van der Waals surface area contributed by atoms with Crippen LogP contribution in [0, 0.1) is 0 Å². The molecular weight excluding hydrogens is 313 g/mol. The summed E-state index contributed by atoms with van der Waals surface area (Å²) in [6.45, 7) is 2.78. The smallest absolute Gasteiger partial charge is 0.314 e. The number of halogens is 1. The Morgan fingerprint density at radius 2 is 2.29 bits per heavy atom. The Morgan fingerprint density at radius 1 is 1.46 bits per heavy atom. The molecule has 0 bridgehead atoms. The maximum atomic E-state index is 13.8. The SMILES string of the molecule is Cn1nccc1CN1C[C@@H](F)C[C@H]1CNC(=O)NCC1CCCO1. The monoisotopic (exact) mass is 339 g/mol. The van der Waals surface area contributed by atoms with Gasteiger partial charge in [0.2, 0.25) is 0 Å². The van der Waals surface area contributed by atoms with Gasteiger partial charge in [-0.2, -0.15) is 5.10 Å². The Labute approximate surface area is 141 Å². The van der Waals surface area contributed by atoms with Gasteiger partial charge >= 0.3 is 6.03 Å². The number of aryl methyl sites for hydroxylation is 1. The molecule has 2 saturated heterocycles. The fourth-order valence-electron chi connectivity index (χ4n) is 3.38. The number of urea groups is 1. The topological polar surface area (TPSA) is 71.4 Å². The van der Waals surface area contributed by atoms with E-state index in [0.717, 1.165) is 25.1 Å². The molecular formula is C16H26FN5O2. The normalized spacial score (nSPS) is 27.5. The first-order valence-corrected chi connectivity index (χ1v) is 8.60. The second-order valence-corrected chi connectivity index (χ2v) is 6.59. The van der Waals surface area contributed by atoms with Crippen molar-refractivity contribution in [2.24, 2.45) is 7.05 Å². The molecule has 0 radical (unpaired) electrons. The number of ether oxygens (including phenoxy) is 1. The van der Waals surface area contributed by atoms with Gasteiger partial charge in [0.1, 0.15) is 6.17 Å². The number of alkyl halides is 1. The molecule has 0 saturated carbocycles. The van der Waals surface area contributed by atoms with Crippen LogP contribution in [0.1, 0.15) is 25.0 Å². The molecule has 2 fully saturated rings. The van der Waals surface area contributed by atoms with Crippen molar-refractivity contribution in [3.05, 3.63) is 18.0 Å². The van der Waals surface area contributed by atoms with Gasteiger partial charge in [0.05, 0.1) is 11.8 Å². The molecule has 1 unspecified atom stereocenters. The van der Waals surface area contributed by atoms with Crippen LogP contribution in [0.15, 0.2) is 12.3 Å². The van der Waals surface area contributed by atoms with Crippen molar-refractivity contribution < 1.29 is 13.9 Å². The van der Waals surface area contributed by atoms with Crippen molar-refractivity contribution in [3.8, 4) is 0 Å². The van der Waals surface area contributed by atoms with Gasteiger partial charge in [-0.15, -0.1) is 0 Å². The van der Waals surface area contributed by atoms with E-state index in [9.17, 15) is 9.18 Å². The van der Waals surface area contributed by atoms with Gasteiger partial charge in [0.25, 0.3) is 0 Å². The Bertz CT molecular complexity index is 546. The zero-order chi connectivity index (χ0) is 16.9. The molecule has 0 spiro atoms. The molecule has 7 nitrogen and oxygen atoms in total. The summed E-state index contributed by atoms with van der Waals surface area (Å²) in [5.74, 6) is 0. The Hall–Kier alpha value is -1.67. The van der Waals surface area contributed by atoms with E-state index in [0.29, 0.717) is 32.6 Å². The quantitative estimate of drug-likeness (QED) is 0.805. The lowest BCUT2D eigenvalue weighted by atomic mass is 10.2. The Morgan fingerprint density at radius 3 is 3.00 bits per heavy atom. The van der Waals surface area contributed by atoms with E-state index in [-0.39, 0.29) is 18.2 Å². The lowest BCUT2D eigenvalue weighted by Crippen LogP contribution is -2.45. The van der Waals surface area contributed by atoms with Crippen LogP contribution in [0.5, 0.6) is 0 Å². The van der Waals surface area contributed by atoms with Crippen LogP contribution in [-0.4, -0.2) is 65.3 Å². The highest BCUT2D eigenvalue weighted by Crippen LogP contribution is 2.22. The predicted molar refractivity (Wildman–Crippen MR) is 87.3 cm³/mol. The average Bonchev–Trinajstić information content (AvgIpc) is 3.27.